The average molecular weight is 345 g/mol. The topological polar surface area (TPSA) is 90.0 Å². The van der Waals surface area contributed by atoms with Gasteiger partial charge in [0.05, 0.1) is 11.9 Å². The highest BCUT2D eigenvalue weighted by molar-refractivity contribution is 9.10. The largest absolute Gasteiger partial charge is 0.398 e. The van der Waals surface area contributed by atoms with Crippen molar-refractivity contribution in [3.8, 4) is 0 Å². The SMILES string of the molecule is Cc1cc(Br)c(NS(=O)(=O)c2ccnn2C)cc1N. The molecule has 0 amide bonds. The first-order chi connectivity index (χ1) is 8.81. The van der Waals surface area contributed by atoms with Crippen molar-refractivity contribution in [3.63, 3.8) is 0 Å². The molecule has 0 unspecified atom stereocenters. The van der Waals surface area contributed by atoms with Crippen LogP contribution in [-0.4, -0.2) is 18.2 Å². The molecule has 0 atom stereocenters. The predicted molar refractivity (Wildman–Crippen MR) is 77.3 cm³/mol. The van der Waals surface area contributed by atoms with Gasteiger partial charge in [-0.2, -0.15) is 13.5 Å². The number of sulfonamides is 1. The minimum atomic E-state index is -3.69. The summed E-state index contributed by atoms with van der Waals surface area (Å²) in [5.74, 6) is 0. The highest BCUT2D eigenvalue weighted by Crippen LogP contribution is 2.29. The van der Waals surface area contributed by atoms with Crippen molar-refractivity contribution in [2.75, 3.05) is 10.5 Å². The zero-order valence-corrected chi connectivity index (χ0v) is 12.8. The number of nitrogens with one attached hydrogen (secondary N) is 1. The third-order valence-corrected chi connectivity index (χ3v) is 4.75. The fourth-order valence-electron chi connectivity index (χ4n) is 1.59. The number of rotatable bonds is 3. The molecular weight excluding hydrogens is 332 g/mol. The molecule has 0 saturated heterocycles. The molecule has 1 heterocycles. The monoisotopic (exact) mass is 344 g/mol. The normalized spacial score (nSPS) is 11.5. The predicted octanol–water partition coefficient (Wildman–Crippen LogP) is 1.87. The van der Waals surface area contributed by atoms with E-state index >= 15 is 0 Å². The van der Waals surface area contributed by atoms with Crippen LogP contribution in [-0.2, 0) is 17.1 Å². The second kappa shape index (κ2) is 4.86. The van der Waals surface area contributed by atoms with Crippen molar-refractivity contribution in [1.82, 2.24) is 9.78 Å². The molecule has 1 aromatic heterocycles. The molecule has 0 aliphatic heterocycles. The lowest BCUT2D eigenvalue weighted by Gasteiger charge is -2.11. The van der Waals surface area contributed by atoms with Gasteiger partial charge in [-0.25, -0.2) is 0 Å². The van der Waals surface area contributed by atoms with Crippen molar-refractivity contribution in [1.29, 1.82) is 0 Å². The van der Waals surface area contributed by atoms with Crippen LogP contribution in [0.1, 0.15) is 5.56 Å². The Labute approximate surface area is 119 Å². The number of benzene rings is 1. The van der Waals surface area contributed by atoms with Crippen LogP contribution < -0.4 is 10.5 Å². The molecule has 102 valence electrons. The Hall–Kier alpha value is -1.54. The number of aromatic nitrogens is 2. The van der Waals surface area contributed by atoms with E-state index < -0.39 is 10.0 Å². The van der Waals surface area contributed by atoms with Gasteiger partial charge in [0.1, 0.15) is 0 Å². The number of nitrogens with zero attached hydrogens (tertiary/aromatic N) is 2. The van der Waals surface area contributed by atoms with Gasteiger partial charge in [-0.1, -0.05) is 0 Å². The Morgan fingerprint density at radius 2 is 2.11 bits per heavy atom. The molecular formula is C11H13BrN4O2S. The Morgan fingerprint density at radius 3 is 2.68 bits per heavy atom. The van der Waals surface area contributed by atoms with E-state index in [4.69, 9.17) is 5.73 Å². The quantitative estimate of drug-likeness (QED) is 0.831. The fraction of sp³-hybridized carbons (Fsp3) is 0.182. The summed E-state index contributed by atoms with van der Waals surface area (Å²) in [7, 11) is -2.13. The summed E-state index contributed by atoms with van der Waals surface area (Å²) in [6.07, 6.45) is 1.42. The van der Waals surface area contributed by atoms with Crippen molar-refractivity contribution in [2.24, 2.45) is 7.05 Å². The number of nitrogen functional groups attached to an aromatic ring is 1. The number of hydrogen-bond donors (Lipinski definition) is 2. The summed E-state index contributed by atoms with van der Waals surface area (Å²) in [6, 6.07) is 4.76. The molecule has 0 spiro atoms. The van der Waals surface area contributed by atoms with Gasteiger partial charge in [-0.3, -0.25) is 9.40 Å². The van der Waals surface area contributed by atoms with E-state index in [1.165, 1.54) is 16.9 Å². The van der Waals surface area contributed by atoms with Gasteiger partial charge in [0, 0.05) is 17.2 Å². The van der Waals surface area contributed by atoms with Crippen LogP contribution in [0.25, 0.3) is 0 Å². The molecule has 3 N–H and O–H groups in total. The maximum Gasteiger partial charge on any atom is 0.279 e. The van der Waals surface area contributed by atoms with Crippen LogP contribution in [0.2, 0.25) is 0 Å². The van der Waals surface area contributed by atoms with Gasteiger partial charge in [0.2, 0.25) is 0 Å². The van der Waals surface area contributed by atoms with Crippen molar-refractivity contribution in [2.45, 2.75) is 11.9 Å². The molecule has 8 heteroatoms. The molecule has 0 saturated carbocycles. The zero-order chi connectivity index (χ0) is 14.2. The van der Waals surface area contributed by atoms with Crippen molar-refractivity contribution in [3.05, 3.63) is 34.4 Å². The lowest BCUT2D eigenvalue weighted by atomic mass is 10.2. The van der Waals surface area contributed by atoms with Gasteiger partial charge < -0.3 is 5.73 Å². The molecule has 0 radical (unpaired) electrons. The van der Waals surface area contributed by atoms with E-state index in [1.54, 1.807) is 19.2 Å². The van der Waals surface area contributed by atoms with Gasteiger partial charge in [-0.05, 0) is 46.6 Å². The van der Waals surface area contributed by atoms with Gasteiger partial charge in [0.25, 0.3) is 10.0 Å². The van der Waals surface area contributed by atoms with Gasteiger partial charge in [-0.15, -0.1) is 0 Å². The van der Waals surface area contributed by atoms with Crippen LogP contribution in [0.5, 0.6) is 0 Å². The van der Waals surface area contributed by atoms with Gasteiger partial charge >= 0.3 is 0 Å². The Balaban J connectivity index is 2.42. The smallest absolute Gasteiger partial charge is 0.279 e. The van der Waals surface area contributed by atoms with Gasteiger partial charge in [0.15, 0.2) is 5.03 Å². The van der Waals surface area contributed by atoms with E-state index in [0.29, 0.717) is 15.8 Å². The molecule has 1 aromatic carbocycles. The number of halogens is 1. The molecule has 0 fully saturated rings. The average Bonchev–Trinajstić information content (AvgIpc) is 2.73. The molecule has 0 aliphatic carbocycles. The van der Waals surface area contributed by atoms with E-state index in [2.05, 4.69) is 25.8 Å². The van der Waals surface area contributed by atoms with E-state index in [0.717, 1.165) is 5.56 Å². The zero-order valence-electron chi connectivity index (χ0n) is 10.4. The minimum Gasteiger partial charge on any atom is -0.398 e. The second-order valence-electron chi connectivity index (χ2n) is 4.09. The lowest BCUT2D eigenvalue weighted by molar-refractivity contribution is 0.582. The third kappa shape index (κ3) is 2.74. The molecule has 0 bridgehead atoms. The maximum atomic E-state index is 12.2. The fourth-order valence-corrected chi connectivity index (χ4v) is 3.48. The summed E-state index contributed by atoms with van der Waals surface area (Å²) >= 11 is 3.31. The summed E-state index contributed by atoms with van der Waals surface area (Å²) in [4.78, 5) is 0. The third-order valence-electron chi connectivity index (χ3n) is 2.65. The Kier molecular flexibility index (Phi) is 3.55. The highest BCUT2D eigenvalue weighted by atomic mass is 79.9. The molecule has 2 rings (SSSR count). The first-order valence-electron chi connectivity index (χ1n) is 5.37. The number of aryl methyl sites for hydroxylation is 2. The Morgan fingerprint density at radius 1 is 1.42 bits per heavy atom. The van der Waals surface area contributed by atoms with Crippen LogP contribution >= 0.6 is 15.9 Å². The Bertz CT molecular complexity index is 724. The van der Waals surface area contributed by atoms with E-state index in [1.807, 2.05) is 6.92 Å². The first-order valence-corrected chi connectivity index (χ1v) is 7.65. The molecule has 19 heavy (non-hydrogen) atoms. The minimum absolute atomic E-state index is 0.0820. The molecule has 0 aliphatic rings. The highest BCUT2D eigenvalue weighted by Gasteiger charge is 2.19. The second-order valence-corrected chi connectivity index (χ2v) is 6.57. The number of nitrogens with two attached hydrogens (primary N) is 1. The van der Waals surface area contributed by atoms with Crippen molar-refractivity contribution < 1.29 is 8.42 Å². The van der Waals surface area contributed by atoms with Crippen LogP contribution in [0.3, 0.4) is 0 Å². The van der Waals surface area contributed by atoms with E-state index in [-0.39, 0.29) is 5.03 Å². The molecule has 6 nitrogen and oxygen atoms in total. The van der Waals surface area contributed by atoms with Crippen molar-refractivity contribution >= 4 is 37.3 Å². The maximum absolute atomic E-state index is 12.2. The summed E-state index contributed by atoms with van der Waals surface area (Å²) in [5.41, 5.74) is 7.57. The van der Waals surface area contributed by atoms with E-state index in [9.17, 15) is 8.42 Å². The summed E-state index contributed by atoms with van der Waals surface area (Å²) < 4.78 is 28.8. The number of hydrogen-bond acceptors (Lipinski definition) is 4. The first kappa shape index (κ1) is 13.9. The lowest BCUT2D eigenvalue weighted by Crippen LogP contribution is -2.17. The standard InChI is InChI=1S/C11H13BrN4O2S/c1-7-5-8(12)10(6-9(7)13)15-19(17,18)11-3-4-14-16(11)2/h3-6,15H,13H2,1-2H3. The summed E-state index contributed by atoms with van der Waals surface area (Å²) in [5, 5.41) is 3.92. The summed E-state index contributed by atoms with van der Waals surface area (Å²) in [6.45, 7) is 1.85. The number of anilines is 2. The van der Waals surface area contributed by atoms with Crippen LogP contribution in [0, 0.1) is 6.92 Å². The van der Waals surface area contributed by atoms with Crippen LogP contribution in [0.4, 0.5) is 11.4 Å². The van der Waals surface area contributed by atoms with Crippen LogP contribution in [0.15, 0.2) is 33.9 Å². The molecule has 2 aromatic rings.